The number of carboxylic acid groups (broad SMARTS) is 1. The molecule has 0 unspecified atom stereocenters. The highest BCUT2D eigenvalue weighted by atomic mass is 32.1. The first-order valence-electron chi connectivity index (χ1n) is 10.1. The lowest BCUT2D eigenvalue weighted by atomic mass is 10.1. The van der Waals surface area contributed by atoms with Crippen molar-refractivity contribution in [3.63, 3.8) is 0 Å². The second-order valence-corrected chi connectivity index (χ2v) is 9.22. The van der Waals surface area contributed by atoms with Crippen molar-refractivity contribution in [2.75, 3.05) is 0 Å². The van der Waals surface area contributed by atoms with E-state index < -0.39 is 5.97 Å². The molecule has 0 fully saturated rings. The number of rotatable bonds is 7. The van der Waals surface area contributed by atoms with E-state index in [1.807, 2.05) is 89.1 Å². The number of fused-ring (bicyclic) bond motifs is 1. The van der Waals surface area contributed by atoms with Gasteiger partial charge in [-0.15, -0.1) is 22.7 Å². The Morgan fingerprint density at radius 1 is 1.00 bits per heavy atom. The van der Waals surface area contributed by atoms with Crippen LogP contribution >= 0.6 is 22.7 Å². The average Bonchev–Trinajstić information content (AvgIpc) is 3.56. The van der Waals surface area contributed by atoms with Crippen molar-refractivity contribution in [1.82, 2.24) is 14.8 Å². The Hall–Kier alpha value is -3.55. The number of hydrogen-bond donors (Lipinski definition) is 1. The van der Waals surface area contributed by atoms with Crippen LogP contribution < -0.4 is 0 Å². The van der Waals surface area contributed by atoms with Gasteiger partial charge in [-0.2, -0.15) is 5.10 Å². The largest absolute Gasteiger partial charge is 0.481 e. The first kappa shape index (κ1) is 20.4. The monoisotopic (exact) mass is 457 g/mol. The van der Waals surface area contributed by atoms with Gasteiger partial charge in [0.15, 0.2) is 0 Å². The van der Waals surface area contributed by atoms with E-state index in [2.05, 4.69) is 0 Å². The van der Waals surface area contributed by atoms with E-state index in [0.29, 0.717) is 6.42 Å². The lowest BCUT2D eigenvalue weighted by molar-refractivity contribution is -0.136. The topological polar surface area (TPSA) is 68.0 Å². The molecular weight excluding hydrogens is 438 g/mol. The molecule has 0 aliphatic carbocycles. The number of aliphatic carboxylic acids is 1. The third kappa shape index (κ3) is 4.26. The number of allylic oxidation sites excluding steroid dienone is 1. The number of hydrogen-bond acceptors (Lipinski definition) is 5. The van der Waals surface area contributed by atoms with Gasteiger partial charge in [-0.3, -0.25) is 4.79 Å². The lowest BCUT2D eigenvalue weighted by Crippen LogP contribution is -1.95. The molecule has 3 heterocycles. The minimum Gasteiger partial charge on any atom is -0.481 e. The van der Waals surface area contributed by atoms with Crippen molar-refractivity contribution in [3.8, 4) is 16.3 Å². The molecule has 0 amide bonds. The van der Waals surface area contributed by atoms with Crippen LogP contribution in [0.1, 0.15) is 23.4 Å². The van der Waals surface area contributed by atoms with E-state index >= 15 is 0 Å². The number of thiophene rings is 1. The van der Waals surface area contributed by atoms with E-state index in [-0.39, 0.29) is 6.42 Å². The van der Waals surface area contributed by atoms with Crippen molar-refractivity contribution in [2.24, 2.45) is 0 Å². The first-order valence-corrected chi connectivity index (χ1v) is 11.8. The molecule has 0 atom stereocenters. The maximum Gasteiger partial charge on any atom is 0.303 e. The first-order chi connectivity index (χ1) is 15.7. The molecule has 0 radical (unpaired) electrons. The van der Waals surface area contributed by atoms with Gasteiger partial charge in [0, 0.05) is 18.2 Å². The van der Waals surface area contributed by atoms with Crippen molar-refractivity contribution < 1.29 is 9.90 Å². The molecule has 0 bridgehead atoms. The van der Waals surface area contributed by atoms with Crippen LogP contribution in [0.25, 0.3) is 38.1 Å². The zero-order chi connectivity index (χ0) is 21.9. The van der Waals surface area contributed by atoms with Gasteiger partial charge in [0.05, 0.1) is 20.8 Å². The summed E-state index contributed by atoms with van der Waals surface area (Å²) in [6.45, 7) is 0. The molecule has 3 aromatic heterocycles. The lowest BCUT2D eigenvalue weighted by Gasteiger charge is -2.03. The number of nitrogens with zero attached hydrogens (tertiary/aromatic N) is 3. The van der Waals surface area contributed by atoms with Gasteiger partial charge in [-0.1, -0.05) is 36.4 Å². The Bertz CT molecular complexity index is 1370. The molecular formula is C25H19N3O2S2. The van der Waals surface area contributed by atoms with E-state index in [9.17, 15) is 9.90 Å². The Morgan fingerprint density at radius 2 is 1.81 bits per heavy atom. The summed E-state index contributed by atoms with van der Waals surface area (Å²) in [6.07, 6.45) is 4.49. The van der Waals surface area contributed by atoms with Gasteiger partial charge < -0.3 is 5.11 Å². The predicted octanol–water partition coefficient (Wildman–Crippen LogP) is 6.62. The molecule has 0 spiro atoms. The third-order valence-corrected chi connectivity index (χ3v) is 7.01. The maximum absolute atomic E-state index is 11.3. The van der Waals surface area contributed by atoms with E-state index in [4.69, 9.17) is 10.1 Å². The molecule has 7 heteroatoms. The van der Waals surface area contributed by atoms with Crippen LogP contribution in [0.15, 0.2) is 78.3 Å². The molecule has 0 aliphatic heterocycles. The average molecular weight is 458 g/mol. The summed E-state index contributed by atoms with van der Waals surface area (Å²) in [4.78, 5) is 17.2. The maximum atomic E-state index is 11.3. The number of para-hydroxylation sites is 2. The second-order valence-electron chi connectivity index (χ2n) is 7.24. The third-order valence-electron chi connectivity index (χ3n) is 5.02. The van der Waals surface area contributed by atoms with Crippen LogP contribution in [0.3, 0.4) is 0 Å². The highest BCUT2D eigenvalue weighted by Crippen LogP contribution is 2.34. The molecule has 0 saturated carbocycles. The molecule has 1 N–H and O–H groups in total. The van der Waals surface area contributed by atoms with E-state index in [1.54, 1.807) is 22.7 Å². The molecule has 5 aromatic rings. The summed E-state index contributed by atoms with van der Waals surface area (Å²) in [7, 11) is 0. The van der Waals surface area contributed by atoms with Crippen molar-refractivity contribution >= 4 is 50.5 Å². The number of thiazole rings is 1. The Labute approximate surface area is 192 Å². The van der Waals surface area contributed by atoms with E-state index in [0.717, 1.165) is 42.6 Å². The van der Waals surface area contributed by atoms with Crippen LogP contribution in [0.2, 0.25) is 0 Å². The zero-order valence-electron chi connectivity index (χ0n) is 17.0. The number of benzene rings is 2. The summed E-state index contributed by atoms with van der Waals surface area (Å²) in [5.74, 6) is -0.824. The molecule has 32 heavy (non-hydrogen) atoms. The molecule has 0 aliphatic rings. The van der Waals surface area contributed by atoms with Gasteiger partial charge in [-0.25, -0.2) is 9.67 Å². The van der Waals surface area contributed by atoms with Gasteiger partial charge in [0.2, 0.25) is 0 Å². The fourth-order valence-electron chi connectivity index (χ4n) is 3.49. The van der Waals surface area contributed by atoms with Crippen LogP contribution in [-0.2, 0) is 4.79 Å². The molecule has 2 aromatic carbocycles. The van der Waals surface area contributed by atoms with E-state index in [1.165, 1.54) is 0 Å². The number of carbonyl (C=O) groups is 1. The smallest absolute Gasteiger partial charge is 0.303 e. The number of aromatic nitrogens is 3. The fraction of sp³-hybridized carbons (Fsp3) is 0.0800. The Balaban J connectivity index is 1.64. The van der Waals surface area contributed by atoms with Gasteiger partial charge >= 0.3 is 5.97 Å². The molecule has 158 valence electrons. The number of carboxylic acids is 1. The summed E-state index contributed by atoms with van der Waals surface area (Å²) >= 11 is 3.22. The van der Waals surface area contributed by atoms with Crippen molar-refractivity contribution in [3.05, 3.63) is 88.9 Å². The summed E-state index contributed by atoms with van der Waals surface area (Å²) in [5, 5.41) is 17.0. The van der Waals surface area contributed by atoms with Gasteiger partial charge in [0.25, 0.3) is 0 Å². The molecule has 5 rings (SSSR count). The summed E-state index contributed by atoms with van der Waals surface area (Å²) in [6, 6.07) is 22.0. The normalized spacial score (nSPS) is 11.8. The fourth-order valence-corrected chi connectivity index (χ4v) is 5.23. The predicted molar refractivity (Wildman–Crippen MR) is 131 cm³/mol. The highest BCUT2D eigenvalue weighted by Gasteiger charge is 2.16. The summed E-state index contributed by atoms with van der Waals surface area (Å²) < 4.78 is 2.95. The quantitative estimate of drug-likeness (QED) is 0.298. The van der Waals surface area contributed by atoms with Crippen molar-refractivity contribution in [1.29, 1.82) is 0 Å². The van der Waals surface area contributed by atoms with Gasteiger partial charge in [0.1, 0.15) is 10.7 Å². The minimum absolute atomic E-state index is 0.0446. The van der Waals surface area contributed by atoms with Crippen LogP contribution in [0, 0.1) is 0 Å². The second kappa shape index (κ2) is 8.90. The van der Waals surface area contributed by atoms with Crippen LogP contribution in [0.4, 0.5) is 0 Å². The van der Waals surface area contributed by atoms with Crippen molar-refractivity contribution in [2.45, 2.75) is 12.8 Å². The molecule has 0 saturated heterocycles. The Kier molecular flexibility index (Phi) is 5.66. The zero-order valence-corrected chi connectivity index (χ0v) is 18.6. The van der Waals surface area contributed by atoms with Crippen LogP contribution in [-0.4, -0.2) is 25.8 Å². The molecule has 5 nitrogen and oxygen atoms in total. The minimum atomic E-state index is -0.824. The Morgan fingerprint density at radius 3 is 2.56 bits per heavy atom. The highest BCUT2D eigenvalue weighted by molar-refractivity contribution is 7.19. The SMILES string of the molecule is O=C(O)CCC(=Cc1cn(-c2ccccc2)nc1-c1cccs1)c1nc2ccccc2s1. The van der Waals surface area contributed by atoms with Crippen LogP contribution in [0.5, 0.6) is 0 Å². The van der Waals surface area contributed by atoms with Gasteiger partial charge in [-0.05, 0) is 53.8 Å². The summed E-state index contributed by atoms with van der Waals surface area (Å²) in [5.41, 5.74) is 4.61. The standard InChI is InChI=1S/C25H19N3O2S2/c29-23(30)13-12-17(25-26-20-9-4-5-10-21(20)32-25)15-18-16-28(19-7-2-1-3-8-19)27-24(18)22-11-6-14-31-22/h1-11,14-16H,12-13H2,(H,29,30).